The van der Waals surface area contributed by atoms with Crippen LogP contribution in [-0.2, 0) is 11.3 Å². The fraction of sp³-hybridized carbons (Fsp3) is 0.308. The van der Waals surface area contributed by atoms with Crippen LogP contribution in [0.2, 0.25) is 0 Å². The highest BCUT2D eigenvalue weighted by Crippen LogP contribution is 2.36. The van der Waals surface area contributed by atoms with E-state index in [1.165, 1.54) is 0 Å². The van der Waals surface area contributed by atoms with Gasteiger partial charge >= 0.3 is 5.97 Å². The number of rotatable bonds is 5. The number of carbonyl (C=O) groups is 1. The van der Waals surface area contributed by atoms with E-state index in [2.05, 4.69) is 10.2 Å². The van der Waals surface area contributed by atoms with Crippen molar-refractivity contribution in [2.24, 2.45) is 0 Å². The maximum absolute atomic E-state index is 10.7. The summed E-state index contributed by atoms with van der Waals surface area (Å²) in [6.45, 7) is 2.84. The van der Waals surface area contributed by atoms with Gasteiger partial charge in [-0.3, -0.25) is 4.79 Å². The Morgan fingerprint density at radius 2 is 2.19 bits per heavy atom. The molecule has 1 aliphatic rings. The fourth-order valence-corrected chi connectivity index (χ4v) is 2.78. The average Bonchev–Trinajstić information content (AvgIpc) is 3.10. The van der Waals surface area contributed by atoms with Crippen LogP contribution < -0.4 is 9.47 Å². The van der Waals surface area contributed by atoms with Crippen molar-refractivity contribution in [3.05, 3.63) is 18.2 Å². The first-order chi connectivity index (χ1) is 10.2. The first-order valence-corrected chi connectivity index (χ1v) is 7.35. The molecule has 1 aliphatic heterocycles. The second kappa shape index (κ2) is 5.65. The summed E-state index contributed by atoms with van der Waals surface area (Å²) in [6, 6.07) is 5.57. The molecule has 0 radical (unpaired) electrons. The smallest absolute Gasteiger partial charge is 0.313 e. The van der Waals surface area contributed by atoms with Crippen LogP contribution in [0.1, 0.15) is 6.92 Å². The second-order valence-corrected chi connectivity index (χ2v) is 5.24. The first kappa shape index (κ1) is 13.7. The molecule has 0 bridgehead atoms. The highest BCUT2D eigenvalue weighted by molar-refractivity contribution is 7.99. The quantitative estimate of drug-likeness (QED) is 0.844. The van der Waals surface area contributed by atoms with Crippen LogP contribution in [0.25, 0.3) is 11.4 Å². The SMILES string of the molecule is CCn1c(SCC(=O)O)nnc1-c1ccc2c(c1)OCO2. The van der Waals surface area contributed by atoms with E-state index in [1.807, 2.05) is 29.7 Å². The molecule has 2 aromatic rings. The number of carboxylic acids is 1. The maximum Gasteiger partial charge on any atom is 0.313 e. The zero-order chi connectivity index (χ0) is 14.8. The Morgan fingerprint density at radius 3 is 2.95 bits per heavy atom. The summed E-state index contributed by atoms with van der Waals surface area (Å²) in [7, 11) is 0. The second-order valence-electron chi connectivity index (χ2n) is 4.30. The van der Waals surface area contributed by atoms with Crippen LogP contribution >= 0.6 is 11.8 Å². The van der Waals surface area contributed by atoms with E-state index in [9.17, 15) is 4.79 Å². The van der Waals surface area contributed by atoms with Crippen molar-refractivity contribution < 1.29 is 19.4 Å². The van der Waals surface area contributed by atoms with E-state index < -0.39 is 5.97 Å². The Balaban J connectivity index is 1.93. The lowest BCUT2D eigenvalue weighted by Crippen LogP contribution is -2.03. The standard InChI is InChI=1S/C13H13N3O4S/c1-2-16-12(14-15-13(16)21-6-11(17)18)8-3-4-9-10(5-8)20-7-19-9/h3-5H,2,6-7H2,1H3,(H,17,18). The number of aromatic nitrogens is 3. The van der Waals surface area contributed by atoms with Gasteiger partial charge in [0.15, 0.2) is 22.5 Å². The fourth-order valence-electron chi connectivity index (χ4n) is 2.06. The number of thioether (sulfide) groups is 1. The van der Waals surface area contributed by atoms with Gasteiger partial charge in [0.2, 0.25) is 6.79 Å². The third kappa shape index (κ3) is 2.66. The van der Waals surface area contributed by atoms with Gasteiger partial charge in [0, 0.05) is 12.1 Å². The molecule has 0 saturated carbocycles. The Bertz CT molecular complexity index is 686. The molecule has 0 unspecified atom stereocenters. The number of hydrogen-bond donors (Lipinski definition) is 1. The maximum atomic E-state index is 10.7. The van der Waals surface area contributed by atoms with E-state index in [0.29, 0.717) is 29.0 Å². The van der Waals surface area contributed by atoms with E-state index >= 15 is 0 Å². The van der Waals surface area contributed by atoms with Gasteiger partial charge in [-0.05, 0) is 25.1 Å². The van der Waals surface area contributed by atoms with E-state index in [4.69, 9.17) is 14.6 Å². The van der Waals surface area contributed by atoms with E-state index in [0.717, 1.165) is 17.3 Å². The van der Waals surface area contributed by atoms with Gasteiger partial charge in [-0.15, -0.1) is 10.2 Å². The molecule has 2 heterocycles. The van der Waals surface area contributed by atoms with Gasteiger partial charge in [0.1, 0.15) is 0 Å². The largest absolute Gasteiger partial charge is 0.481 e. The molecular formula is C13H13N3O4S. The van der Waals surface area contributed by atoms with Crippen LogP contribution in [0.4, 0.5) is 0 Å². The van der Waals surface area contributed by atoms with Crippen LogP contribution in [0, 0.1) is 0 Å². The minimum atomic E-state index is -0.879. The number of fused-ring (bicyclic) bond motifs is 1. The number of aliphatic carboxylic acids is 1. The summed E-state index contributed by atoms with van der Waals surface area (Å²) in [6.07, 6.45) is 0. The number of nitrogens with zero attached hydrogens (tertiary/aromatic N) is 3. The Labute approximate surface area is 124 Å². The number of carboxylic acid groups (broad SMARTS) is 1. The van der Waals surface area contributed by atoms with Gasteiger partial charge in [0.25, 0.3) is 0 Å². The number of benzene rings is 1. The van der Waals surface area contributed by atoms with Crippen molar-refractivity contribution in [2.45, 2.75) is 18.6 Å². The molecule has 0 saturated heterocycles. The Kier molecular flexibility index (Phi) is 3.70. The van der Waals surface area contributed by atoms with Crippen LogP contribution in [0.3, 0.4) is 0 Å². The summed E-state index contributed by atoms with van der Waals surface area (Å²) in [5, 5.41) is 17.6. The summed E-state index contributed by atoms with van der Waals surface area (Å²) in [4.78, 5) is 10.7. The molecule has 0 spiro atoms. The first-order valence-electron chi connectivity index (χ1n) is 6.37. The van der Waals surface area contributed by atoms with Crippen LogP contribution in [-0.4, -0.2) is 38.4 Å². The monoisotopic (exact) mass is 307 g/mol. The molecule has 1 aromatic heterocycles. The number of ether oxygens (including phenoxy) is 2. The molecule has 8 heteroatoms. The van der Waals surface area contributed by atoms with Gasteiger partial charge in [-0.2, -0.15) is 0 Å². The normalized spacial score (nSPS) is 12.6. The molecule has 1 aromatic carbocycles. The lowest BCUT2D eigenvalue weighted by Gasteiger charge is -2.07. The molecule has 1 N–H and O–H groups in total. The summed E-state index contributed by atoms with van der Waals surface area (Å²) >= 11 is 1.15. The minimum Gasteiger partial charge on any atom is -0.481 e. The zero-order valence-electron chi connectivity index (χ0n) is 11.3. The third-order valence-corrected chi connectivity index (χ3v) is 3.94. The molecule has 0 fully saturated rings. The van der Waals surface area contributed by atoms with Gasteiger partial charge < -0.3 is 19.1 Å². The van der Waals surface area contributed by atoms with Gasteiger partial charge in [-0.1, -0.05) is 11.8 Å². The predicted octanol–water partition coefficient (Wildman–Crippen LogP) is 1.87. The minimum absolute atomic E-state index is 0.0424. The summed E-state index contributed by atoms with van der Waals surface area (Å²) in [5.74, 6) is 1.15. The summed E-state index contributed by atoms with van der Waals surface area (Å²) in [5.41, 5.74) is 0.857. The molecule has 0 amide bonds. The highest BCUT2D eigenvalue weighted by atomic mass is 32.2. The lowest BCUT2D eigenvalue weighted by atomic mass is 10.2. The molecule has 3 rings (SSSR count). The zero-order valence-corrected chi connectivity index (χ0v) is 12.1. The molecule has 21 heavy (non-hydrogen) atoms. The van der Waals surface area contributed by atoms with Crippen molar-refractivity contribution >= 4 is 17.7 Å². The van der Waals surface area contributed by atoms with Crippen molar-refractivity contribution in [3.63, 3.8) is 0 Å². The molecule has 0 atom stereocenters. The van der Waals surface area contributed by atoms with Crippen molar-refractivity contribution in [3.8, 4) is 22.9 Å². The van der Waals surface area contributed by atoms with Gasteiger partial charge in [-0.25, -0.2) is 0 Å². The Morgan fingerprint density at radius 1 is 1.38 bits per heavy atom. The van der Waals surface area contributed by atoms with Crippen molar-refractivity contribution in [1.29, 1.82) is 0 Å². The van der Waals surface area contributed by atoms with Crippen LogP contribution in [0.15, 0.2) is 23.4 Å². The van der Waals surface area contributed by atoms with Crippen molar-refractivity contribution in [2.75, 3.05) is 12.5 Å². The number of hydrogen-bond acceptors (Lipinski definition) is 6. The predicted molar refractivity (Wildman–Crippen MR) is 75.6 cm³/mol. The van der Waals surface area contributed by atoms with Gasteiger partial charge in [0.05, 0.1) is 5.75 Å². The van der Waals surface area contributed by atoms with Crippen molar-refractivity contribution in [1.82, 2.24) is 14.8 Å². The molecule has 110 valence electrons. The molecular weight excluding hydrogens is 294 g/mol. The lowest BCUT2D eigenvalue weighted by molar-refractivity contribution is -0.133. The summed E-state index contributed by atoms with van der Waals surface area (Å²) < 4.78 is 12.5. The van der Waals surface area contributed by atoms with Crippen LogP contribution in [0.5, 0.6) is 11.5 Å². The highest BCUT2D eigenvalue weighted by Gasteiger charge is 2.18. The van der Waals surface area contributed by atoms with E-state index in [1.54, 1.807) is 0 Å². The third-order valence-electron chi connectivity index (χ3n) is 2.99. The topological polar surface area (TPSA) is 86.5 Å². The Hall–Kier alpha value is -2.22. The van der Waals surface area contributed by atoms with E-state index in [-0.39, 0.29) is 12.5 Å². The molecule has 0 aliphatic carbocycles. The molecule has 7 nitrogen and oxygen atoms in total. The average molecular weight is 307 g/mol.